The highest BCUT2D eigenvalue weighted by Crippen LogP contribution is 2.35. The predicted octanol–water partition coefficient (Wildman–Crippen LogP) is 6.50. The van der Waals surface area contributed by atoms with Crippen LogP contribution in [-0.2, 0) is 27.2 Å². The number of benzene rings is 3. The fraction of sp³-hybridized carbons (Fsp3) is 0.296. The molecule has 1 heterocycles. The summed E-state index contributed by atoms with van der Waals surface area (Å²) >= 11 is 6.48. The lowest BCUT2D eigenvalue weighted by molar-refractivity contribution is -0.220. The summed E-state index contributed by atoms with van der Waals surface area (Å²) in [5, 5.41) is 9.57. The van der Waals surface area contributed by atoms with Gasteiger partial charge in [0.25, 0.3) is 0 Å². The Hall–Kier alpha value is -2.95. The molecule has 176 valence electrons. The number of ether oxygens (including phenoxy) is 3. The van der Waals surface area contributed by atoms with Gasteiger partial charge >= 0.3 is 0 Å². The standard InChI is InChI=1S/C27H25ClFNO4/c28-25-11-8-21(15-22(25)14-19-6-9-23(34-29)10-7-19)26-16-24(17-27(33-26)31-13-12-30)32-18-20-4-2-1-3-5-20/h1-11,15,24,26-27H,13-14,16-18H2. The van der Waals surface area contributed by atoms with Gasteiger partial charge < -0.3 is 14.2 Å². The number of hydrogen-bond donors (Lipinski definition) is 0. The first kappa shape index (κ1) is 24.2. The van der Waals surface area contributed by atoms with Crippen LogP contribution in [0.1, 0.15) is 41.2 Å². The summed E-state index contributed by atoms with van der Waals surface area (Å²) in [4.78, 5) is 3.75. The van der Waals surface area contributed by atoms with E-state index in [-0.39, 0.29) is 24.6 Å². The summed E-state index contributed by atoms with van der Waals surface area (Å²) in [5.74, 6) is 0.157. The Bertz CT molecular complexity index is 1100. The fourth-order valence-corrected chi connectivity index (χ4v) is 4.21. The number of hydrogen-bond acceptors (Lipinski definition) is 5. The van der Waals surface area contributed by atoms with Gasteiger partial charge in [0.15, 0.2) is 12.0 Å². The lowest BCUT2D eigenvalue weighted by atomic mass is 9.95. The van der Waals surface area contributed by atoms with Crippen LogP contribution in [0.3, 0.4) is 0 Å². The molecule has 0 spiro atoms. The molecular formula is C27H25ClFNO4. The molecule has 1 saturated heterocycles. The van der Waals surface area contributed by atoms with Gasteiger partial charge in [-0.1, -0.05) is 66.2 Å². The van der Waals surface area contributed by atoms with Crippen LogP contribution in [-0.4, -0.2) is 19.0 Å². The van der Waals surface area contributed by atoms with Crippen molar-refractivity contribution in [1.29, 1.82) is 5.26 Å². The second-order valence-electron chi connectivity index (χ2n) is 8.16. The summed E-state index contributed by atoms with van der Waals surface area (Å²) in [6, 6.07) is 24.6. The van der Waals surface area contributed by atoms with Crippen molar-refractivity contribution in [2.45, 2.75) is 44.4 Å². The Kier molecular flexibility index (Phi) is 8.51. The quantitative estimate of drug-likeness (QED) is 0.349. The van der Waals surface area contributed by atoms with Crippen molar-refractivity contribution < 1.29 is 23.7 Å². The summed E-state index contributed by atoms with van der Waals surface area (Å²) < 4.78 is 30.3. The Balaban J connectivity index is 1.49. The zero-order valence-electron chi connectivity index (χ0n) is 18.5. The minimum absolute atomic E-state index is 0.0484. The highest BCUT2D eigenvalue weighted by molar-refractivity contribution is 6.31. The predicted molar refractivity (Wildman–Crippen MR) is 126 cm³/mol. The van der Waals surface area contributed by atoms with E-state index in [2.05, 4.69) is 4.94 Å². The third-order valence-corrected chi connectivity index (χ3v) is 6.13. The Morgan fingerprint density at radius 1 is 0.971 bits per heavy atom. The van der Waals surface area contributed by atoms with Crippen LogP contribution >= 0.6 is 11.6 Å². The maximum absolute atomic E-state index is 12.3. The zero-order chi connectivity index (χ0) is 23.8. The molecule has 3 atom stereocenters. The van der Waals surface area contributed by atoms with Crippen molar-refractivity contribution in [3.63, 3.8) is 0 Å². The minimum Gasteiger partial charge on any atom is -0.373 e. The van der Waals surface area contributed by atoms with E-state index in [1.807, 2.05) is 54.6 Å². The molecule has 5 nitrogen and oxygen atoms in total. The highest BCUT2D eigenvalue weighted by Gasteiger charge is 2.32. The average molecular weight is 482 g/mol. The molecular weight excluding hydrogens is 457 g/mol. The normalized spacial score (nSPS) is 20.0. The third-order valence-electron chi connectivity index (χ3n) is 5.76. The monoisotopic (exact) mass is 481 g/mol. The lowest BCUT2D eigenvalue weighted by Gasteiger charge is -2.35. The molecule has 0 bridgehead atoms. The first-order valence-corrected chi connectivity index (χ1v) is 11.5. The van der Waals surface area contributed by atoms with E-state index in [1.54, 1.807) is 24.3 Å². The summed E-state index contributed by atoms with van der Waals surface area (Å²) in [6.07, 6.45) is 0.893. The molecule has 34 heavy (non-hydrogen) atoms. The Morgan fingerprint density at radius 2 is 1.76 bits per heavy atom. The first-order valence-electron chi connectivity index (χ1n) is 11.1. The van der Waals surface area contributed by atoms with Crippen molar-refractivity contribution in [3.05, 3.63) is 100 Å². The maximum Gasteiger partial charge on any atom is 0.171 e. The van der Waals surface area contributed by atoms with Gasteiger partial charge in [0.05, 0.1) is 24.9 Å². The summed E-state index contributed by atoms with van der Waals surface area (Å²) in [7, 11) is 0. The van der Waals surface area contributed by atoms with Gasteiger partial charge in [-0.15, -0.1) is 0 Å². The van der Waals surface area contributed by atoms with Gasteiger partial charge in [-0.2, -0.15) is 5.26 Å². The molecule has 1 fully saturated rings. The van der Waals surface area contributed by atoms with Gasteiger partial charge in [0.1, 0.15) is 6.61 Å². The first-order chi connectivity index (χ1) is 16.6. The molecule has 0 saturated carbocycles. The lowest BCUT2D eigenvalue weighted by Crippen LogP contribution is -2.34. The van der Waals surface area contributed by atoms with Gasteiger partial charge in [-0.3, -0.25) is 4.94 Å². The molecule has 3 aromatic rings. The second kappa shape index (κ2) is 12.0. The number of nitriles is 1. The van der Waals surface area contributed by atoms with E-state index in [9.17, 15) is 4.53 Å². The largest absolute Gasteiger partial charge is 0.373 e. The third kappa shape index (κ3) is 6.55. The van der Waals surface area contributed by atoms with Crippen LogP contribution < -0.4 is 4.94 Å². The van der Waals surface area contributed by atoms with Gasteiger partial charge in [0.2, 0.25) is 0 Å². The SMILES string of the molecule is N#CCOC1CC(OCc2ccccc2)CC(c2ccc(Cl)c(Cc3ccc(OF)cc3)c2)O1. The van der Waals surface area contributed by atoms with E-state index < -0.39 is 6.29 Å². The van der Waals surface area contributed by atoms with Crippen LogP contribution in [0.2, 0.25) is 5.02 Å². The molecule has 4 rings (SSSR count). The van der Waals surface area contributed by atoms with Crippen LogP contribution in [0.25, 0.3) is 0 Å². The molecule has 0 N–H and O–H groups in total. The number of halogens is 2. The van der Waals surface area contributed by atoms with E-state index >= 15 is 0 Å². The molecule has 3 unspecified atom stereocenters. The number of rotatable bonds is 9. The minimum atomic E-state index is -0.536. The van der Waals surface area contributed by atoms with Gasteiger partial charge in [0, 0.05) is 22.4 Å². The summed E-state index contributed by atoms with van der Waals surface area (Å²) in [6.45, 7) is 0.445. The zero-order valence-corrected chi connectivity index (χ0v) is 19.3. The van der Waals surface area contributed by atoms with E-state index in [0.29, 0.717) is 30.9 Å². The van der Waals surface area contributed by atoms with Crippen molar-refractivity contribution in [2.75, 3.05) is 6.61 Å². The van der Waals surface area contributed by atoms with E-state index in [0.717, 1.165) is 22.3 Å². The molecule has 0 aliphatic carbocycles. The molecule has 7 heteroatoms. The molecule has 1 aliphatic heterocycles. The topological polar surface area (TPSA) is 60.7 Å². The van der Waals surface area contributed by atoms with Crippen LogP contribution in [0.4, 0.5) is 4.53 Å². The fourth-order valence-electron chi connectivity index (χ4n) is 4.03. The summed E-state index contributed by atoms with van der Waals surface area (Å²) in [5.41, 5.74) is 3.96. The maximum atomic E-state index is 12.3. The van der Waals surface area contributed by atoms with Gasteiger partial charge in [-0.25, -0.2) is 0 Å². The average Bonchev–Trinajstić information content (AvgIpc) is 2.88. The van der Waals surface area contributed by atoms with Crippen LogP contribution in [0.5, 0.6) is 5.75 Å². The molecule has 3 aromatic carbocycles. The van der Waals surface area contributed by atoms with Crippen molar-refractivity contribution in [1.82, 2.24) is 0 Å². The molecule has 0 amide bonds. The molecule has 0 radical (unpaired) electrons. The van der Waals surface area contributed by atoms with Crippen LogP contribution in [0.15, 0.2) is 72.8 Å². The van der Waals surface area contributed by atoms with E-state index in [4.69, 9.17) is 31.1 Å². The molecule has 0 aromatic heterocycles. The highest BCUT2D eigenvalue weighted by atomic mass is 35.5. The smallest absolute Gasteiger partial charge is 0.171 e. The second-order valence-corrected chi connectivity index (χ2v) is 8.57. The Labute approximate surface area is 203 Å². The van der Waals surface area contributed by atoms with Gasteiger partial charge in [-0.05, 0) is 46.9 Å². The molecule has 1 aliphatic rings. The van der Waals surface area contributed by atoms with E-state index in [1.165, 1.54) is 0 Å². The van der Waals surface area contributed by atoms with Crippen molar-refractivity contribution in [3.8, 4) is 11.8 Å². The van der Waals surface area contributed by atoms with Crippen LogP contribution in [0, 0.1) is 11.3 Å². The van der Waals surface area contributed by atoms with Crippen molar-refractivity contribution in [2.24, 2.45) is 0 Å². The van der Waals surface area contributed by atoms with Crippen molar-refractivity contribution >= 4 is 11.6 Å². The Morgan fingerprint density at radius 3 is 2.50 bits per heavy atom. The number of nitrogens with zero attached hydrogens (tertiary/aromatic N) is 1.